The molecule has 0 aliphatic rings. The number of anilines is 2. The van der Waals surface area contributed by atoms with Gasteiger partial charge in [-0.25, -0.2) is 9.97 Å². The summed E-state index contributed by atoms with van der Waals surface area (Å²) in [6, 6.07) is 8.32. The van der Waals surface area contributed by atoms with E-state index in [1.54, 1.807) is 6.20 Å². The van der Waals surface area contributed by atoms with Crippen LogP contribution in [0.5, 0.6) is 0 Å². The monoisotopic (exact) mass is 277 g/mol. The average Bonchev–Trinajstić information content (AvgIpc) is 2.33. The van der Waals surface area contributed by atoms with Gasteiger partial charge in [0.25, 0.3) is 0 Å². The molecule has 82 valence electrons. The van der Waals surface area contributed by atoms with E-state index in [2.05, 4.69) is 50.3 Å². The van der Waals surface area contributed by atoms with Gasteiger partial charge in [0.05, 0.1) is 4.47 Å². The van der Waals surface area contributed by atoms with Gasteiger partial charge in [0.15, 0.2) is 0 Å². The third-order valence-electron chi connectivity index (χ3n) is 2.29. The number of nitrogens with zero attached hydrogens (tertiary/aromatic N) is 2. The van der Waals surface area contributed by atoms with Gasteiger partial charge in [-0.05, 0) is 40.0 Å². The first-order chi connectivity index (χ1) is 7.79. The lowest BCUT2D eigenvalue weighted by Gasteiger charge is -2.07. The van der Waals surface area contributed by atoms with Crippen LogP contribution < -0.4 is 5.32 Å². The van der Waals surface area contributed by atoms with Crippen molar-refractivity contribution >= 4 is 27.4 Å². The molecule has 1 heterocycles. The topological polar surface area (TPSA) is 37.8 Å². The van der Waals surface area contributed by atoms with Crippen LogP contribution in [-0.4, -0.2) is 9.97 Å². The van der Waals surface area contributed by atoms with Crippen LogP contribution in [0, 0.1) is 0 Å². The van der Waals surface area contributed by atoms with Crippen molar-refractivity contribution in [2.24, 2.45) is 0 Å². The minimum Gasteiger partial charge on any atom is -0.339 e. The minimum absolute atomic E-state index is 0.777. The number of rotatable bonds is 3. The van der Waals surface area contributed by atoms with Crippen molar-refractivity contribution in [2.45, 2.75) is 13.3 Å². The summed E-state index contributed by atoms with van der Waals surface area (Å²) in [7, 11) is 0. The Morgan fingerprint density at radius 2 is 2.00 bits per heavy atom. The van der Waals surface area contributed by atoms with Crippen LogP contribution in [0.2, 0.25) is 0 Å². The van der Waals surface area contributed by atoms with Gasteiger partial charge in [-0.1, -0.05) is 19.1 Å². The Kier molecular flexibility index (Phi) is 3.51. The molecule has 0 aliphatic heterocycles. The Balaban J connectivity index is 2.18. The zero-order valence-corrected chi connectivity index (χ0v) is 10.5. The second kappa shape index (κ2) is 5.07. The molecule has 0 bridgehead atoms. The van der Waals surface area contributed by atoms with Gasteiger partial charge in [-0.2, -0.15) is 0 Å². The number of hydrogen-bond acceptors (Lipinski definition) is 3. The van der Waals surface area contributed by atoms with Gasteiger partial charge < -0.3 is 5.32 Å². The maximum absolute atomic E-state index is 4.15. The van der Waals surface area contributed by atoms with Crippen LogP contribution in [0.1, 0.15) is 12.5 Å². The molecule has 0 amide bonds. The SMILES string of the molecule is CCc1ccc(Nc2ncncc2Br)cc1. The summed E-state index contributed by atoms with van der Waals surface area (Å²) in [4.78, 5) is 8.06. The summed E-state index contributed by atoms with van der Waals surface area (Å²) in [6.07, 6.45) is 4.29. The molecule has 0 unspecified atom stereocenters. The lowest BCUT2D eigenvalue weighted by atomic mass is 10.1. The molecule has 0 atom stereocenters. The first-order valence-corrected chi connectivity index (χ1v) is 5.90. The molecule has 1 aromatic carbocycles. The zero-order chi connectivity index (χ0) is 11.4. The Hall–Kier alpha value is -1.42. The maximum atomic E-state index is 4.15. The predicted octanol–water partition coefficient (Wildman–Crippen LogP) is 3.55. The van der Waals surface area contributed by atoms with Gasteiger partial charge >= 0.3 is 0 Å². The number of halogens is 1. The van der Waals surface area contributed by atoms with E-state index in [1.165, 1.54) is 11.9 Å². The normalized spacial score (nSPS) is 10.1. The first-order valence-electron chi connectivity index (χ1n) is 5.11. The largest absolute Gasteiger partial charge is 0.339 e. The van der Waals surface area contributed by atoms with Gasteiger partial charge in [-0.15, -0.1) is 0 Å². The molecule has 2 aromatic rings. The fourth-order valence-corrected chi connectivity index (χ4v) is 1.68. The summed E-state index contributed by atoms with van der Waals surface area (Å²) in [5.41, 5.74) is 2.35. The minimum atomic E-state index is 0.777. The van der Waals surface area contributed by atoms with E-state index in [1.807, 2.05) is 12.1 Å². The van der Waals surface area contributed by atoms with E-state index in [9.17, 15) is 0 Å². The first kappa shape index (κ1) is 11.1. The molecule has 1 N–H and O–H groups in total. The standard InChI is InChI=1S/C12H12BrN3/c1-2-9-3-5-10(6-4-9)16-12-11(13)7-14-8-15-12/h3-8H,2H2,1H3,(H,14,15,16). The molecular weight excluding hydrogens is 266 g/mol. The number of hydrogen-bond donors (Lipinski definition) is 1. The van der Waals surface area contributed by atoms with Crippen molar-refractivity contribution in [3.8, 4) is 0 Å². The van der Waals surface area contributed by atoms with Gasteiger partial charge in [-0.3, -0.25) is 0 Å². The van der Waals surface area contributed by atoms with E-state index in [0.717, 1.165) is 22.4 Å². The molecule has 3 nitrogen and oxygen atoms in total. The lowest BCUT2D eigenvalue weighted by Crippen LogP contribution is -1.95. The second-order valence-corrected chi connectivity index (χ2v) is 4.25. The van der Waals surface area contributed by atoms with Crippen molar-refractivity contribution in [3.63, 3.8) is 0 Å². The summed E-state index contributed by atoms with van der Waals surface area (Å²) in [5, 5.41) is 3.23. The zero-order valence-electron chi connectivity index (χ0n) is 8.94. The highest BCUT2D eigenvalue weighted by atomic mass is 79.9. The molecule has 0 fully saturated rings. The molecule has 0 radical (unpaired) electrons. The summed E-state index contributed by atoms with van der Waals surface area (Å²) in [6.45, 7) is 2.14. The van der Waals surface area contributed by atoms with E-state index < -0.39 is 0 Å². The number of nitrogens with one attached hydrogen (secondary N) is 1. The molecule has 0 saturated heterocycles. The number of aryl methyl sites for hydroxylation is 1. The molecule has 0 aliphatic carbocycles. The van der Waals surface area contributed by atoms with Crippen molar-refractivity contribution in [1.29, 1.82) is 0 Å². The van der Waals surface area contributed by atoms with Crippen LogP contribution in [0.4, 0.5) is 11.5 Å². The number of aromatic nitrogens is 2. The molecule has 16 heavy (non-hydrogen) atoms. The van der Waals surface area contributed by atoms with E-state index in [0.29, 0.717) is 0 Å². The summed E-state index contributed by atoms with van der Waals surface area (Å²) >= 11 is 3.39. The van der Waals surface area contributed by atoms with Crippen molar-refractivity contribution < 1.29 is 0 Å². The fourth-order valence-electron chi connectivity index (χ4n) is 1.37. The highest BCUT2D eigenvalue weighted by molar-refractivity contribution is 9.10. The van der Waals surface area contributed by atoms with E-state index in [-0.39, 0.29) is 0 Å². The quantitative estimate of drug-likeness (QED) is 0.933. The lowest BCUT2D eigenvalue weighted by molar-refractivity contribution is 1.13. The molecule has 2 rings (SSSR count). The van der Waals surface area contributed by atoms with Crippen LogP contribution in [0.3, 0.4) is 0 Å². The molecule has 4 heteroatoms. The third kappa shape index (κ3) is 2.58. The summed E-state index contributed by atoms with van der Waals surface area (Å²) < 4.78 is 0.856. The number of benzene rings is 1. The van der Waals surface area contributed by atoms with Gasteiger partial charge in [0, 0.05) is 11.9 Å². The molecule has 0 saturated carbocycles. The van der Waals surface area contributed by atoms with Crippen molar-refractivity contribution in [3.05, 3.63) is 46.8 Å². The van der Waals surface area contributed by atoms with E-state index in [4.69, 9.17) is 0 Å². The summed E-state index contributed by atoms with van der Waals surface area (Å²) in [5.74, 6) is 0.777. The van der Waals surface area contributed by atoms with Crippen LogP contribution in [-0.2, 0) is 6.42 Å². The Labute approximate surface area is 103 Å². The van der Waals surface area contributed by atoms with Crippen LogP contribution in [0.25, 0.3) is 0 Å². The van der Waals surface area contributed by atoms with E-state index >= 15 is 0 Å². The van der Waals surface area contributed by atoms with Gasteiger partial charge in [0.1, 0.15) is 12.1 Å². The van der Waals surface area contributed by atoms with Crippen molar-refractivity contribution in [2.75, 3.05) is 5.32 Å². The molecule has 0 spiro atoms. The predicted molar refractivity (Wildman–Crippen MR) is 68.8 cm³/mol. The second-order valence-electron chi connectivity index (χ2n) is 3.39. The highest BCUT2D eigenvalue weighted by Gasteiger charge is 2.00. The van der Waals surface area contributed by atoms with Crippen LogP contribution >= 0.6 is 15.9 Å². The Morgan fingerprint density at radius 3 is 2.62 bits per heavy atom. The highest BCUT2D eigenvalue weighted by Crippen LogP contribution is 2.22. The van der Waals surface area contributed by atoms with Crippen molar-refractivity contribution in [1.82, 2.24) is 9.97 Å². The fraction of sp³-hybridized carbons (Fsp3) is 0.167. The average molecular weight is 278 g/mol. The Morgan fingerprint density at radius 1 is 1.25 bits per heavy atom. The van der Waals surface area contributed by atoms with Crippen LogP contribution in [0.15, 0.2) is 41.3 Å². The Bertz CT molecular complexity index is 468. The third-order valence-corrected chi connectivity index (χ3v) is 2.87. The van der Waals surface area contributed by atoms with Gasteiger partial charge in [0.2, 0.25) is 0 Å². The molecular formula is C12H12BrN3. The smallest absolute Gasteiger partial charge is 0.148 e. The maximum Gasteiger partial charge on any atom is 0.148 e. The molecule has 1 aromatic heterocycles.